The summed E-state index contributed by atoms with van der Waals surface area (Å²) in [5, 5.41) is 0. The Morgan fingerprint density at radius 2 is 2.33 bits per heavy atom. The van der Waals surface area contributed by atoms with Crippen molar-refractivity contribution in [3.8, 4) is 11.5 Å². The second-order valence-corrected chi connectivity index (χ2v) is 3.47. The molecule has 15 heavy (non-hydrogen) atoms. The molecule has 1 aromatic carbocycles. The molecule has 0 aliphatic carbocycles. The molecular weight excluding hydrogens is 194 g/mol. The number of carbonyl (C=O) groups is 1. The number of fused-ring (bicyclic) bond motifs is 1. The fourth-order valence-corrected chi connectivity index (χ4v) is 1.58. The van der Waals surface area contributed by atoms with Gasteiger partial charge in [0.15, 0.2) is 5.78 Å². The first kappa shape index (κ1) is 9.98. The molecule has 0 fully saturated rings. The van der Waals surface area contributed by atoms with Gasteiger partial charge in [-0.05, 0) is 18.2 Å². The van der Waals surface area contributed by atoms with E-state index in [1.54, 1.807) is 25.3 Å². The lowest BCUT2D eigenvalue weighted by Crippen LogP contribution is -2.30. The van der Waals surface area contributed by atoms with Crippen molar-refractivity contribution in [2.75, 3.05) is 13.7 Å². The molecule has 2 rings (SSSR count). The van der Waals surface area contributed by atoms with Gasteiger partial charge in [-0.25, -0.2) is 0 Å². The van der Waals surface area contributed by atoms with Crippen molar-refractivity contribution in [1.82, 2.24) is 0 Å². The second kappa shape index (κ2) is 3.90. The first-order valence-corrected chi connectivity index (χ1v) is 4.83. The van der Waals surface area contributed by atoms with Gasteiger partial charge in [-0.1, -0.05) is 0 Å². The largest absolute Gasteiger partial charge is 0.497 e. The Labute approximate surface area is 88.0 Å². The molecule has 1 atom stereocenters. The second-order valence-electron chi connectivity index (χ2n) is 3.47. The average Bonchev–Trinajstić information content (AvgIpc) is 2.40. The Kier molecular flexibility index (Phi) is 2.60. The molecule has 0 radical (unpaired) electrons. The Hall–Kier alpha value is -1.55. The maximum Gasteiger partial charge on any atom is 0.183 e. The van der Waals surface area contributed by atoms with E-state index in [-0.39, 0.29) is 5.78 Å². The van der Waals surface area contributed by atoms with Gasteiger partial charge in [0, 0.05) is 6.42 Å². The van der Waals surface area contributed by atoms with Gasteiger partial charge in [-0.2, -0.15) is 0 Å². The summed E-state index contributed by atoms with van der Waals surface area (Å²) in [7, 11) is 1.56. The van der Waals surface area contributed by atoms with Crippen LogP contribution in [0.5, 0.6) is 11.5 Å². The van der Waals surface area contributed by atoms with Crippen LogP contribution in [0.25, 0.3) is 0 Å². The van der Waals surface area contributed by atoms with E-state index in [4.69, 9.17) is 15.2 Å². The number of hydrogen-bond donors (Lipinski definition) is 1. The summed E-state index contributed by atoms with van der Waals surface area (Å²) in [6.45, 7) is 0.478. The number of ketones is 1. The molecule has 4 nitrogen and oxygen atoms in total. The van der Waals surface area contributed by atoms with Crippen LogP contribution >= 0.6 is 0 Å². The van der Waals surface area contributed by atoms with Crippen molar-refractivity contribution in [3.63, 3.8) is 0 Å². The predicted molar refractivity (Wildman–Crippen MR) is 55.4 cm³/mol. The van der Waals surface area contributed by atoms with Crippen molar-refractivity contribution in [1.29, 1.82) is 0 Å². The Balaban J connectivity index is 2.46. The van der Waals surface area contributed by atoms with Gasteiger partial charge in [0.1, 0.15) is 11.5 Å². The summed E-state index contributed by atoms with van der Waals surface area (Å²) in [6.07, 6.45) is 0.551. The summed E-state index contributed by atoms with van der Waals surface area (Å²) in [5.74, 6) is 1.15. The number of rotatable bonds is 1. The molecule has 0 saturated carbocycles. The number of hydrogen-bond acceptors (Lipinski definition) is 4. The molecule has 1 heterocycles. The van der Waals surface area contributed by atoms with Crippen LogP contribution in [0.3, 0.4) is 0 Å². The number of ether oxygens (including phenoxy) is 2. The zero-order chi connectivity index (χ0) is 10.8. The zero-order valence-electron chi connectivity index (χ0n) is 8.53. The van der Waals surface area contributed by atoms with Crippen LogP contribution in [0.1, 0.15) is 16.8 Å². The van der Waals surface area contributed by atoms with Crippen LogP contribution in [-0.2, 0) is 0 Å². The minimum atomic E-state index is -0.474. The molecule has 4 heteroatoms. The summed E-state index contributed by atoms with van der Waals surface area (Å²) in [4.78, 5) is 11.8. The number of carbonyl (C=O) groups excluding carboxylic acids is 1. The fourth-order valence-electron chi connectivity index (χ4n) is 1.58. The van der Waals surface area contributed by atoms with Crippen LogP contribution in [0.4, 0.5) is 0 Å². The van der Waals surface area contributed by atoms with Crippen LogP contribution in [0.2, 0.25) is 0 Å². The van der Waals surface area contributed by atoms with Gasteiger partial charge < -0.3 is 15.2 Å². The third kappa shape index (κ3) is 1.80. The van der Waals surface area contributed by atoms with Crippen molar-refractivity contribution in [2.45, 2.75) is 12.5 Å². The number of methoxy groups -OCH3 is 1. The molecule has 0 spiro atoms. The molecule has 2 N–H and O–H groups in total. The highest BCUT2D eigenvalue weighted by Gasteiger charge is 2.23. The van der Waals surface area contributed by atoms with E-state index in [2.05, 4.69) is 0 Å². The Bertz CT molecular complexity index is 389. The van der Waals surface area contributed by atoms with Gasteiger partial charge in [0.05, 0.1) is 25.3 Å². The van der Waals surface area contributed by atoms with E-state index in [1.165, 1.54) is 0 Å². The molecule has 1 aliphatic heterocycles. The number of nitrogens with two attached hydrogens (primary N) is 1. The van der Waals surface area contributed by atoms with Crippen molar-refractivity contribution < 1.29 is 14.3 Å². The third-order valence-corrected chi connectivity index (χ3v) is 2.48. The van der Waals surface area contributed by atoms with E-state index in [9.17, 15) is 4.79 Å². The maximum atomic E-state index is 11.8. The highest BCUT2D eigenvalue weighted by molar-refractivity contribution is 6.02. The van der Waals surface area contributed by atoms with E-state index >= 15 is 0 Å². The van der Waals surface area contributed by atoms with Crippen LogP contribution in [0.15, 0.2) is 18.2 Å². The van der Waals surface area contributed by atoms with Crippen LogP contribution in [-0.4, -0.2) is 25.5 Å². The van der Waals surface area contributed by atoms with Gasteiger partial charge in [-0.15, -0.1) is 0 Å². The SMILES string of the molecule is COc1ccc2c(c1)C(=O)[C@H](N)CCO2. The fraction of sp³-hybridized carbons (Fsp3) is 0.364. The quantitative estimate of drug-likeness (QED) is 0.745. The molecule has 0 amide bonds. The van der Waals surface area contributed by atoms with Gasteiger partial charge >= 0.3 is 0 Å². The van der Waals surface area contributed by atoms with E-state index in [0.29, 0.717) is 30.1 Å². The monoisotopic (exact) mass is 207 g/mol. The minimum Gasteiger partial charge on any atom is -0.497 e. The Morgan fingerprint density at radius 1 is 1.53 bits per heavy atom. The highest BCUT2D eigenvalue weighted by Crippen LogP contribution is 2.27. The number of Topliss-reactive ketones (excluding diaryl/α,β-unsaturated/α-hetero) is 1. The first-order valence-electron chi connectivity index (χ1n) is 4.83. The molecule has 0 bridgehead atoms. The zero-order valence-corrected chi connectivity index (χ0v) is 8.53. The van der Waals surface area contributed by atoms with Crippen molar-refractivity contribution in [3.05, 3.63) is 23.8 Å². The lowest BCUT2D eigenvalue weighted by molar-refractivity contribution is 0.0960. The molecular formula is C11H13NO3. The number of benzene rings is 1. The lowest BCUT2D eigenvalue weighted by Gasteiger charge is -2.08. The highest BCUT2D eigenvalue weighted by atomic mass is 16.5. The van der Waals surface area contributed by atoms with Gasteiger partial charge in [-0.3, -0.25) is 4.79 Å². The summed E-state index contributed by atoms with van der Waals surface area (Å²) in [5.41, 5.74) is 6.23. The topological polar surface area (TPSA) is 61.5 Å². The normalized spacial score (nSPS) is 20.1. The van der Waals surface area contributed by atoms with E-state index in [0.717, 1.165) is 0 Å². The molecule has 0 unspecified atom stereocenters. The van der Waals surface area contributed by atoms with E-state index < -0.39 is 6.04 Å². The summed E-state index contributed by atoms with van der Waals surface area (Å²) < 4.78 is 10.5. The summed E-state index contributed by atoms with van der Waals surface area (Å²) >= 11 is 0. The third-order valence-electron chi connectivity index (χ3n) is 2.48. The average molecular weight is 207 g/mol. The first-order chi connectivity index (χ1) is 7.22. The van der Waals surface area contributed by atoms with Crippen molar-refractivity contribution in [2.24, 2.45) is 5.73 Å². The van der Waals surface area contributed by atoms with Crippen LogP contribution < -0.4 is 15.2 Å². The smallest absolute Gasteiger partial charge is 0.183 e. The Morgan fingerprint density at radius 3 is 3.07 bits per heavy atom. The van der Waals surface area contributed by atoms with Crippen molar-refractivity contribution >= 4 is 5.78 Å². The minimum absolute atomic E-state index is 0.0820. The maximum absolute atomic E-state index is 11.8. The standard InChI is InChI=1S/C11H13NO3/c1-14-7-2-3-10-8(6-7)11(13)9(12)4-5-15-10/h2-3,6,9H,4-5,12H2,1H3/t9-/m1/s1. The van der Waals surface area contributed by atoms with E-state index in [1.807, 2.05) is 0 Å². The van der Waals surface area contributed by atoms with Crippen LogP contribution in [0, 0.1) is 0 Å². The molecule has 1 aromatic rings. The van der Waals surface area contributed by atoms with Gasteiger partial charge in [0.2, 0.25) is 0 Å². The summed E-state index contributed by atoms with van der Waals surface area (Å²) in [6, 6.07) is 4.70. The molecule has 0 saturated heterocycles. The van der Waals surface area contributed by atoms with Gasteiger partial charge in [0.25, 0.3) is 0 Å². The molecule has 0 aromatic heterocycles. The predicted octanol–water partition coefficient (Wildman–Crippen LogP) is 0.988. The molecule has 80 valence electrons. The molecule has 1 aliphatic rings. The lowest BCUT2D eigenvalue weighted by atomic mass is 10.0.